The maximum absolute atomic E-state index is 12.5. The fraction of sp³-hybridized carbons (Fsp3) is 0. The molecular formula is C9H13FO3Si2. The Labute approximate surface area is 93.7 Å². The molecule has 0 unspecified atom stereocenters. The van der Waals surface area contributed by atoms with Crippen LogP contribution < -0.4 is 0 Å². The monoisotopic (exact) mass is 244 g/mol. The summed E-state index contributed by atoms with van der Waals surface area (Å²) in [6.45, 7) is 0. The average molecular weight is 244 g/mol. The van der Waals surface area contributed by atoms with Gasteiger partial charge in [0, 0.05) is 0 Å². The van der Waals surface area contributed by atoms with E-state index in [4.69, 9.17) is 5.11 Å². The number of benzene rings is 1. The molecule has 0 aliphatic rings. The van der Waals surface area contributed by atoms with Gasteiger partial charge >= 0.3 is 5.97 Å². The number of carbonyl (C=O) groups is 1. The zero-order valence-electron chi connectivity index (χ0n) is 8.61. The molecule has 0 fully saturated rings. The lowest BCUT2D eigenvalue weighted by atomic mass is 10.2. The molecule has 0 aliphatic carbocycles. The maximum Gasteiger partial charge on any atom is 0.364 e. The molecule has 0 spiro atoms. The molecule has 3 nitrogen and oxygen atoms in total. The van der Waals surface area contributed by atoms with Crippen molar-refractivity contribution >= 4 is 33.0 Å². The van der Waals surface area contributed by atoms with E-state index in [0.717, 1.165) is 27.0 Å². The van der Waals surface area contributed by atoms with Crippen LogP contribution in [-0.2, 0) is 8.91 Å². The van der Waals surface area contributed by atoms with Crippen LogP contribution in [-0.4, -0.2) is 32.0 Å². The van der Waals surface area contributed by atoms with Gasteiger partial charge in [-0.1, -0.05) is 30.3 Å². The van der Waals surface area contributed by atoms with Gasteiger partial charge in [0.1, 0.15) is 21.0 Å². The van der Waals surface area contributed by atoms with Gasteiger partial charge in [-0.2, -0.15) is 4.39 Å². The zero-order chi connectivity index (χ0) is 11.7. The van der Waals surface area contributed by atoms with E-state index in [0.29, 0.717) is 5.56 Å². The highest BCUT2D eigenvalue weighted by Crippen LogP contribution is 2.06. The van der Waals surface area contributed by atoms with Crippen LogP contribution in [0.4, 0.5) is 4.39 Å². The van der Waals surface area contributed by atoms with Crippen molar-refractivity contribution < 1.29 is 18.4 Å². The highest BCUT2D eigenvalue weighted by atomic mass is 28.3. The van der Waals surface area contributed by atoms with Crippen LogP contribution in [0, 0.1) is 0 Å². The fourth-order valence-electron chi connectivity index (χ4n) is 0.757. The third-order valence-electron chi connectivity index (χ3n) is 1.30. The first-order valence-electron chi connectivity index (χ1n) is 4.17. The van der Waals surface area contributed by atoms with E-state index in [1.807, 2.05) is 0 Å². The number of rotatable bonds is 2. The van der Waals surface area contributed by atoms with Crippen LogP contribution in [0.25, 0.3) is 6.08 Å². The van der Waals surface area contributed by atoms with Crippen molar-refractivity contribution in [1.29, 1.82) is 0 Å². The molecule has 0 aliphatic heterocycles. The molecule has 0 radical (unpaired) electrons. The van der Waals surface area contributed by atoms with Crippen molar-refractivity contribution in [3.63, 3.8) is 0 Å². The summed E-state index contributed by atoms with van der Waals surface area (Å²) in [5.74, 6) is -2.69. The predicted molar refractivity (Wildman–Crippen MR) is 64.1 cm³/mol. The highest BCUT2D eigenvalue weighted by Gasteiger charge is 2.03. The van der Waals surface area contributed by atoms with Crippen molar-refractivity contribution in [2.75, 3.05) is 0 Å². The molecule has 6 heteroatoms. The van der Waals surface area contributed by atoms with Gasteiger partial charge in [0.2, 0.25) is 5.83 Å². The van der Waals surface area contributed by atoms with Crippen molar-refractivity contribution in [1.82, 2.24) is 0 Å². The molecule has 82 valence electrons. The molecule has 1 aromatic rings. The SMILES string of the molecule is O=C(O)C(F)=Cc1ccccc1.[SiH3]O[SiH3]. The standard InChI is InChI=1S/C9H7FO2.H6OSi2/c10-8(9(11)12)6-7-4-2-1-3-5-7;2-1-3/h1-6H,(H,11,12);2-3H3. The van der Waals surface area contributed by atoms with E-state index < -0.39 is 11.8 Å². The van der Waals surface area contributed by atoms with Crippen LogP contribution in [0.1, 0.15) is 5.56 Å². The Balaban J connectivity index is 0.000000583. The van der Waals surface area contributed by atoms with Crippen LogP contribution in [0.15, 0.2) is 36.2 Å². The van der Waals surface area contributed by atoms with Crippen LogP contribution in [0.3, 0.4) is 0 Å². The summed E-state index contributed by atoms with van der Waals surface area (Å²) in [6.07, 6.45) is 0.975. The minimum atomic E-state index is -1.54. The number of hydrogen-bond acceptors (Lipinski definition) is 2. The predicted octanol–water partition coefficient (Wildman–Crippen LogP) is -0.355. The fourth-order valence-corrected chi connectivity index (χ4v) is 0.757. The number of aliphatic carboxylic acids is 1. The Hall–Kier alpha value is -1.25. The van der Waals surface area contributed by atoms with Gasteiger partial charge in [-0.3, -0.25) is 0 Å². The first kappa shape index (κ1) is 13.8. The third kappa shape index (κ3) is 6.78. The minimum absolute atomic E-state index is 0.539. The Morgan fingerprint density at radius 1 is 1.33 bits per heavy atom. The summed E-state index contributed by atoms with van der Waals surface area (Å²) in [5, 5.41) is 8.20. The van der Waals surface area contributed by atoms with Crippen LogP contribution in [0.5, 0.6) is 0 Å². The quantitative estimate of drug-likeness (QED) is 0.571. The molecule has 0 atom stereocenters. The van der Waals surface area contributed by atoms with Crippen LogP contribution >= 0.6 is 0 Å². The smallest absolute Gasteiger partial charge is 0.364 e. The molecule has 0 heterocycles. The lowest BCUT2D eigenvalue weighted by Gasteiger charge is -1.90. The molecule has 0 amide bonds. The summed E-state index contributed by atoms with van der Waals surface area (Å²) in [6, 6.07) is 8.45. The Bertz CT molecular complexity index is 327. The first-order chi connectivity index (χ1) is 7.11. The second-order valence-electron chi connectivity index (χ2n) is 2.62. The molecule has 0 saturated carbocycles. The zero-order valence-corrected chi connectivity index (χ0v) is 12.6. The molecule has 1 N–H and O–H groups in total. The van der Waals surface area contributed by atoms with Gasteiger partial charge < -0.3 is 9.22 Å². The first-order valence-corrected chi connectivity index (χ1v) is 5.80. The molecule has 0 saturated heterocycles. The maximum atomic E-state index is 12.5. The van der Waals surface area contributed by atoms with Gasteiger partial charge in [-0.05, 0) is 11.6 Å². The largest absolute Gasteiger partial charge is 0.476 e. The highest BCUT2D eigenvalue weighted by molar-refractivity contribution is 6.15. The number of halogens is 1. The Morgan fingerprint density at radius 3 is 2.20 bits per heavy atom. The summed E-state index contributed by atoms with van der Waals surface area (Å²) in [7, 11) is 1.86. The lowest BCUT2D eigenvalue weighted by Crippen LogP contribution is -1.93. The van der Waals surface area contributed by atoms with Gasteiger partial charge in [0.05, 0.1) is 0 Å². The number of hydrogen-bond donors (Lipinski definition) is 1. The van der Waals surface area contributed by atoms with E-state index >= 15 is 0 Å². The van der Waals surface area contributed by atoms with Crippen molar-refractivity contribution in [3.8, 4) is 0 Å². The van der Waals surface area contributed by atoms with Crippen LogP contribution in [0.2, 0.25) is 0 Å². The van der Waals surface area contributed by atoms with Gasteiger partial charge in [-0.15, -0.1) is 0 Å². The molecule has 0 aromatic heterocycles. The van der Waals surface area contributed by atoms with E-state index in [1.165, 1.54) is 0 Å². The summed E-state index contributed by atoms with van der Waals surface area (Å²) >= 11 is 0. The number of carboxylic acid groups (broad SMARTS) is 1. The molecule has 1 aromatic carbocycles. The second kappa shape index (κ2) is 8.09. The lowest BCUT2D eigenvalue weighted by molar-refractivity contribution is -0.134. The van der Waals surface area contributed by atoms with E-state index in [2.05, 4.69) is 4.12 Å². The Kier molecular flexibility index (Phi) is 7.42. The molecular weight excluding hydrogens is 231 g/mol. The summed E-state index contributed by atoms with van der Waals surface area (Å²) in [5.41, 5.74) is 0.539. The Morgan fingerprint density at radius 2 is 1.80 bits per heavy atom. The second-order valence-corrected chi connectivity index (χ2v) is 5.88. The van der Waals surface area contributed by atoms with Crippen molar-refractivity contribution in [2.24, 2.45) is 0 Å². The number of carboxylic acids is 1. The topological polar surface area (TPSA) is 46.5 Å². The molecule has 1 rings (SSSR count). The van der Waals surface area contributed by atoms with Gasteiger partial charge in [0.25, 0.3) is 0 Å². The average Bonchev–Trinajstić information content (AvgIpc) is 2.20. The molecule has 0 bridgehead atoms. The van der Waals surface area contributed by atoms with Crippen molar-refractivity contribution in [3.05, 3.63) is 41.7 Å². The summed E-state index contributed by atoms with van der Waals surface area (Å²) in [4.78, 5) is 10.1. The van der Waals surface area contributed by atoms with Crippen molar-refractivity contribution in [2.45, 2.75) is 0 Å². The molecule has 15 heavy (non-hydrogen) atoms. The van der Waals surface area contributed by atoms with E-state index in [9.17, 15) is 9.18 Å². The third-order valence-corrected chi connectivity index (χ3v) is 1.30. The van der Waals surface area contributed by atoms with E-state index in [1.54, 1.807) is 30.3 Å². The van der Waals surface area contributed by atoms with E-state index in [-0.39, 0.29) is 0 Å². The normalized spacial score (nSPS) is 10.6. The van der Waals surface area contributed by atoms with Gasteiger partial charge in [0.15, 0.2) is 0 Å². The van der Waals surface area contributed by atoms with Gasteiger partial charge in [-0.25, -0.2) is 4.79 Å². The summed E-state index contributed by atoms with van der Waals surface area (Å²) < 4.78 is 17.0. The minimum Gasteiger partial charge on any atom is -0.476 e.